The van der Waals surface area contributed by atoms with Crippen molar-refractivity contribution in [2.75, 3.05) is 13.7 Å². The summed E-state index contributed by atoms with van der Waals surface area (Å²) in [7, 11) is 1.75. The lowest BCUT2D eigenvalue weighted by Gasteiger charge is -2.08. The molecule has 0 saturated heterocycles. The maximum Gasteiger partial charge on any atom is 0.136 e. The summed E-state index contributed by atoms with van der Waals surface area (Å²) in [5, 5.41) is 4.81. The Labute approximate surface area is 119 Å². The van der Waals surface area contributed by atoms with Crippen molar-refractivity contribution in [1.29, 1.82) is 0 Å². The van der Waals surface area contributed by atoms with Crippen LogP contribution in [0.2, 0.25) is 0 Å². The molecule has 0 fully saturated rings. The zero-order chi connectivity index (χ0) is 13.8. The number of benzene rings is 1. The molecule has 1 heterocycles. The van der Waals surface area contributed by atoms with Gasteiger partial charge >= 0.3 is 0 Å². The predicted molar refractivity (Wildman–Crippen MR) is 84.3 cm³/mol. The summed E-state index contributed by atoms with van der Waals surface area (Å²) in [6.07, 6.45) is 1.13. The Morgan fingerprint density at radius 2 is 2.11 bits per heavy atom. The first-order chi connectivity index (χ1) is 9.17. The molecule has 0 atom stereocenters. The minimum absolute atomic E-state index is 0.671. The molecule has 2 rings (SSSR count). The predicted octanol–water partition coefficient (Wildman–Crippen LogP) is 4.22. The van der Waals surface area contributed by atoms with Gasteiger partial charge in [-0.25, -0.2) is 0 Å². The SMILES string of the molecule is CCNCc1sc2c(OC)cccc2c1CC(C)C. The number of rotatable bonds is 6. The van der Waals surface area contributed by atoms with Gasteiger partial charge in [0.2, 0.25) is 0 Å². The summed E-state index contributed by atoms with van der Waals surface area (Å²) < 4.78 is 6.78. The molecule has 2 aromatic rings. The molecule has 1 aromatic carbocycles. The van der Waals surface area contributed by atoms with E-state index < -0.39 is 0 Å². The Hall–Kier alpha value is -1.06. The maximum atomic E-state index is 5.50. The molecule has 0 bridgehead atoms. The monoisotopic (exact) mass is 277 g/mol. The minimum atomic E-state index is 0.671. The van der Waals surface area contributed by atoms with Crippen LogP contribution in [0.15, 0.2) is 18.2 Å². The topological polar surface area (TPSA) is 21.3 Å². The van der Waals surface area contributed by atoms with E-state index in [1.165, 1.54) is 20.5 Å². The van der Waals surface area contributed by atoms with Gasteiger partial charge in [-0.15, -0.1) is 11.3 Å². The fourth-order valence-electron chi connectivity index (χ4n) is 2.37. The number of hydrogen-bond donors (Lipinski definition) is 1. The number of hydrogen-bond acceptors (Lipinski definition) is 3. The Kier molecular flexibility index (Phi) is 4.83. The van der Waals surface area contributed by atoms with E-state index in [0.29, 0.717) is 5.92 Å². The average molecular weight is 277 g/mol. The van der Waals surface area contributed by atoms with E-state index in [1.54, 1.807) is 7.11 Å². The quantitative estimate of drug-likeness (QED) is 0.853. The summed E-state index contributed by atoms with van der Waals surface area (Å²) in [6, 6.07) is 6.37. The first-order valence-corrected chi connectivity index (χ1v) is 7.77. The molecule has 0 spiro atoms. The standard InChI is InChI=1S/C16H23NOS/c1-5-17-10-15-13(9-11(2)3)12-7-6-8-14(18-4)16(12)19-15/h6-8,11,17H,5,9-10H2,1-4H3. The third kappa shape index (κ3) is 3.10. The molecule has 0 aliphatic rings. The van der Waals surface area contributed by atoms with Crippen LogP contribution in [0.4, 0.5) is 0 Å². The Balaban J connectivity index is 2.51. The molecule has 0 radical (unpaired) electrons. The van der Waals surface area contributed by atoms with Crippen LogP contribution in [-0.4, -0.2) is 13.7 Å². The maximum absolute atomic E-state index is 5.50. The molecule has 3 heteroatoms. The molecule has 0 aliphatic heterocycles. The molecule has 19 heavy (non-hydrogen) atoms. The second-order valence-corrected chi connectivity index (χ2v) is 6.32. The Bertz CT molecular complexity index is 545. The number of thiophene rings is 1. The van der Waals surface area contributed by atoms with E-state index in [1.807, 2.05) is 11.3 Å². The van der Waals surface area contributed by atoms with Gasteiger partial charge in [-0.3, -0.25) is 0 Å². The minimum Gasteiger partial charge on any atom is -0.495 e. The Morgan fingerprint density at radius 3 is 2.74 bits per heavy atom. The fourth-order valence-corrected chi connectivity index (χ4v) is 3.66. The summed E-state index contributed by atoms with van der Waals surface area (Å²) in [5.74, 6) is 1.67. The van der Waals surface area contributed by atoms with Crippen LogP contribution in [0.3, 0.4) is 0 Å². The smallest absolute Gasteiger partial charge is 0.136 e. The molecule has 104 valence electrons. The first kappa shape index (κ1) is 14.4. The molecule has 2 nitrogen and oxygen atoms in total. The molecule has 0 aliphatic carbocycles. The van der Waals surface area contributed by atoms with Crippen molar-refractivity contribution in [2.24, 2.45) is 5.92 Å². The van der Waals surface area contributed by atoms with Gasteiger partial charge in [0.15, 0.2) is 0 Å². The van der Waals surface area contributed by atoms with Crippen LogP contribution in [0.5, 0.6) is 5.75 Å². The number of fused-ring (bicyclic) bond motifs is 1. The first-order valence-electron chi connectivity index (χ1n) is 6.95. The van der Waals surface area contributed by atoms with Crippen molar-refractivity contribution in [3.05, 3.63) is 28.6 Å². The largest absolute Gasteiger partial charge is 0.495 e. The lowest BCUT2D eigenvalue weighted by Crippen LogP contribution is -2.12. The van der Waals surface area contributed by atoms with Crippen molar-refractivity contribution in [3.8, 4) is 5.75 Å². The fraction of sp³-hybridized carbons (Fsp3) is 0.500. The van der Waals surface area contributed by atoms with E-state index in [2.05, 4.69) is 44.3 Å². The number of ether oxygens (including phenoxy) is 1. The van der Waals surface area contributed by atoms with Crippen LogP contribution in [0.25, 0.3) is 10.1 Å². The summed E-state index contributed by atoms with van der Waals surface area (Å²) in [6.45, 7) is 8.67. The van der Waals surface area contributed by atoms with Gasteiger partial charge in [-0.1, -0.05) is 32.9 Å². The zero-order valence-electron chi connectivity index (χ0n) is 12.2. The van der Waals surface area contributed by atoms with Gasteiger partial charge in [-0.2, -0.15) is 0 Å². The highest BCUT2D eigenvalue weighted by Gasteiger charge is 2.15. The highest BCUT2D eigenvalue weighted by atomic mass is 32.1. The number of methoxy groups -OCH3 is 1. The van der Waals surface area contributed by atoms with Gasteiger partial charge in [0.05, 0.1) is 11.8 Å². The lowest BCUT2D eigenvalue weighted by atomic mass is 9.99. The molecule has 0 saturated carbocycles. The van der Waals surface area contributed by atoms with Crippen molar-refractivity contribution in [2.45, 2.75) is 33.7 Å². The summed E-state index contributed by atoms with van der Waals surface area (Å²) in [4.78, 5) is 1.45. The Morgan fingerprint density at radius 1 is 1.32 bits per heavy atom. The van der Waals surface area contributed by atoms with Crippen LogP contribution < -0.4 is 10.1 Å². The van der Waals surface area contributed by atoms with Crippen LogP contribution in [0.1, 0.15) is 31.2 Å². The van der Waals surface area contributed by atoms with Gasteiger partial charge in [0, 0.05) is 11.4 Å². The van der Waals surface area contributed by atoms with Crippen LogP contribution in [0, 0.1) is 5.92 Å². The number of nitrogens with one attached hydrogen (secondary N) is 1. The summed E-state index contributed by atoms with van der Waals surface area (Å²) in [5.41, 5.74) is 1.50. The van der Waals surface area contributed by atoms with Gasteiger partial charge < -0.3 is 10.1 Å². The third-order valence-corrected chi connectivity index (χ3v) is 4.50. The lowest BCUT2D eigenvalue weighted by molar-refractivity contribution is 0.420. The second kappa shape index (κ2) is 6.40. The molecular weight excluding hydrogens is 254 g/mol. The van der Waals surface area contributed by atoms with E-state index in [9.17, 15) is 0 Å². The molecule has 0 unspecified atom stereocenters. The van der Waals surface area contributed by atoms with Crippen LogP contribution >= 0.6 is 11.3 Å². The van der Waals surface area contributed by atoms with E-state index >= 15 is 0 Å². The molecule has 0 amide bonds. The van der Waals surface area contributed by atoms with Gasteiger partial charge in [-0.05, 0) is 35.9 Å². The third-order valence-electron chi connectivity index (χ3n) is 3.23. The average Bonchev–Trinajstić information content (AvgIpc) is 2.74. The molecule has 1 N–H and O–H groups in total. The zero-order valence-corrected chi connectivity index (χ0v) is 13.1. The van der Waals surface area contributed by atoms with Crippen molar-refractivity contribution in [1.82, 2.24) is 5.32 Å². The van der Waals surface area contributed by atoms with Crippen molar-refractivity contribution < 1.29 is 4.74 Å². The van der Waals surface area contributed by atoms with E-state index in [0.717, 1.165) is 25.3 Å². The normalized spacial score (nSPS) is 11.4. The van der Waals surface area contributed by atoms with Crippen LogP contribution in [-0.2, 0) is 13.0 Å². The molecular formula is C16H23NOS. The van der Waals surface area contributed by atoms with Crippen molar-refractivity contribution >= 4 is 21.4 Å². The van der Waals surface area contributed by atoms with E-state index in [4.69, 9.17) is 4.74 Å². The van der Waals surface area contributed by atoms with Gasteiger partial charge in [0.25, 0.3) is 0 Å². The second-order valence-electron chi connectivity index (χ2n) is 5.22. The van der Waals surface area contributed by atoms with E-state index in [-0.39, 0.29) is 0 Å². The summed E-state index contributed by atoms with van der Waals surface area (Å²) >= 11 is 1.87. The molecule has 1 aromatic heterocycles. The highest BCUT2D eigenvalue weighted by Crippen LogP contribution is 2.38. The van der Waals surface area contributed by atoms with Crippen molar-refractivity contribution in [3.63, 3.8) is 0 Å². The van der Waals surface area contributed by atoms with Gasteiger partial charge in [0.1, 0.15) is 5.75 Å². The highest BCUT2D eigenvalue weighted by molar-refractivity contribution is 7.19.